The summed E-state index contributed by atoms with van der Waals surface area (Å²) in [7, 11) is 0. The highest BCUT2D eigenvalue weighted by atomic mass is 35.5. The maximum absolute atomic E-state index is 11.4. The predicted octanol–water partition coefficient (Wildman–Crippen LogP) is 5.06. The van der Waals surface area contributed by atoms with Gasteiger partial charge >= 0.3 is 0 Å². The van der Waals surface area contributed by atoms with Crippen molar-refractivity contribution in [2.45, 2.75) is 18.9 Å². The normalized spacial score (nSPS) is 13.5. The Labute approximate surface area is 145 Å². The molecule has 1 heterocycles. The van der Waals surface area contributed by atoms with Crippen LogP contribution in [-0.2, 0) is 5.60 Å². The summed E-state index contributed by atoms with van der Waals surface area (Å²) in [5.41, 5.74) is 0.921. The van der Waals surface area contributed by atoms with Gasteiger partial charge in [0.05, 0.1) is 0 Å². The van der Waals surface area contributed by atoms with Gasteiger partial charge in [0.15, 0.2) is 12.0 Å². The van der Waals surface area contributed by atoms with Crippen LogP contribution in [0.2, 0.25) is 5.02 Å². The zero-order chi connectivity index (χ0) is 17.2. The molecule has 1 N–H and O–H groups in total. The van der Waals surface area contributed by atoms with E-state index in [1.165, 1.54) is 0 Å². The van der Waals surface area contributed by atoms with Crippen LogP contribution in [0.3, 0.4) is 0 Å². The number of carbonyl (C=O) groups is 1. The van der Waals surface area contributed by atoms with E-state index in [4.69, 9.17) is 16.0 Å². The van der Waals surface area contributed by atoms with Crippen LogP contribution in [0.1, 0.15) is 35.0 Å². The molecule has 122 valence electrons. The van der Waals surface area contributed by atoms with Crippen LogP contribution in [-0.4, -0.2) is 11.4 Å². The van der Waals surface area contributed by atoms with Gasteiger partial charge in [0.1, 0.15) is 11.4 Å². The topological polar surface area (TPSA) is 50.4 Å². The lowest BCUT2D eigenvalue weighted by Crippen LogP contribution is -2.27. The Bertz CT molecular complexity index is 854. The Morgan fingerprint density at radius 1 is 1.12 bits per heavy atom. The Morgan fingerprint density at radius 3 is 2.50 bits per heavy atom. The molecule has 2 aromatic carbocycles. The van der Waals surface area contributed by atoms with Gasteiger partial charge in [-0.15, -0.1) is 0 Å². The first-order valence-corrected chi connectivity index (χ1v) is 8.09. The lowest BCUT2D eigenvalue weighted by atomic mass is 9.81. The van der Waals surface area contributed by atoms with Crippen LogP contribution in [0.15, 0.2) is 65.1 Å². The molecule has 1 atom stereocenters. The number of carbonyl (C=O) groups excluding carboxylic acids is 1. The maximum Gasteiger partial charge on any atom is 0.185 e. The van der Waals surface area contributed by atoms with Crippen LogP contribution in [0.25, 0.3) is 11.3 Å². The summed E-state index contributed by atoms with van der Waals surface area (Å²) in [4.78, 5) is 10.9. The van der Waals surface area contributed by atoms with Crippen molar-refractivity contribution in [3.8, 4) is 11.3 Å². The van der Waals surface area contributed by atoms with Crippen LogP contribution in [0.4, 0.5) is 0 Å². The Kier molecular flexibility index (Phi) is 4.56. The summed E-state index contributed by atoms with van der Waals surface area (Å²) in [6.07, 6.45) is 1.12. The lowest BCUT2D eigenvalue weighted by molar-refractivity contribution is 0.0770. The number of benzene rings is 2. The zero-order valence-corrected chi connectivity index (χ0v) is 14.0. The molecule has 24 heavy (non-hydrogen) atoms. The van der Waals surface area contributed by atoms with Gasteiger partial charge in [-0.2, -0.15) is 0 Å². The first-order chi connectivity index (χ1) is 11.6. The molecular formula is C20H17ClO3. The second kappa shape index (κ2) is 6.63. The number of rotatable bonds is 5. The van der Waals surface area contributed by atoms with E-state index in [-0.39, 0.29) is 5.76 Å². The van der Waals surface area contributed by atoms with E-state index in [0.29, 0.717) is 34.6 Å². The van der Waals surface area contributed by atoms with E-state index in [0.717, 1.165) is 5.56 Å². The fraction of sp³-hybridized carbons (Fsp3) is 0.150. The van der Waals surface area contributed by atoms with E-state index in [2.05, 4.69) is 0 Å². The van der Waals surface area contributed by atoms with Gasteiger partial charge in [-0.25, -0.2) is 0 Å². The number of aldehydes is 1. The smallest absolute Gasteiger partial charge is 0.185 e. The zero-order valence-electron chi connectivity index (χ0n) is 13.2. The average molecular weight is 341 g/mol. The van der Waals surface area contributed by atoms with E-state index in [1.807, 2.05) is 37.3 Å². The van der Waals surface area contributed by atoms with Gasteiger partial charge in [0, 0.05) is 16.1 Å². The summed E-state index contributed by atoms with van der Waals surface area (Å²) >= 11 is 6.19. The van der Waals surface area contributed by atoms with Crippen LogP contribution < -0.4 is 0 Å². The van der Waals surface area contributed by atoms with E-state index >= 15 is 0 Å². The van der Waals surface area contributed by atoms with Gasteiger partial charge in [-0.05, 0) is 42.3 Å². The van der Waals surface area contributed by atoms with Crippen molar-refractivity contribution >= 4 is 17.9 Å². The highest BCUT2D eigenvalue weighted by Crippen LogP contribution is 2.40. The average Bonchev–Trinajstić information content (AvgIpc) is 3.10. The molecule has 0 aliphatic rings. The minimum absolute atomic E-state index is 0.241. The molecule has 3 nitrogen and oxygen atoms in total. The quantitative estimate of drug-likeness (QED) is 0.660. The number of furan rings is 1. The molecule has 0 bridgehead atoms. The van der Waals surface area contributed by atoms with Crippen molar-refractivity contribution in [1.82, 2.24) is 0 Å². The Morgan fingerprint density at radius 2 is 1.88 bits per heavy atom. The first kappa shape index (κ1) is 16.5. The number of hydrogen-bond donors (Lipinski definition) is 1. The SMILES string of the molecule is CCC(O)(c1ccccc1)c1cc(Cl)ccc1-c1ccc(C=O)o1. The maximum atomic E-state index is 11.4. The second-order valence-corrected chi connectivity index (χ2v) is 6.03. The van der Waals surface area contributed by atoms with Crippen molar-refractivity contribution in [2.75, 3.05) is 0 Å². The standard InChI is InChI=1S/C20H17ClO3/c1-2-20(23,14-6-4-3-5-7-14)18-12-15(21)8-10-17(18)19-11-9-16(13-22)24-19/h3-13,23H,2H2,1H3. The fourth-order valence-corrected chi connectivity index (χ4v) is 3.07. The molecule has 0 amide bonds. The molecule has 0 saturated heterocycles. The molecule has 0 spiro atoms. The monoisotopic (exact) mass is 340 g/mol. The van der Waals surface area contributed by atoms with Gasteiger partial charge in [-0.1, -0.05) is 48.9 Å². The Hall–Kier alpha value is -2.36. The van der Waals surface area contributed by atoms with Crippen LogP contribution >= 0.6 is 11.6 Å². The van der Waals surface area contributed by atoms with Gasteiger partial charge < -0.3 is 9.52 Å². The number of halogens is 1. The molecule has 0 saturated carbocycles. The number of hydrogen-bond acceptors (Lipinski definition) is 3. The molecule has 4 heteroatoms. The van der Waals surface area contributed by atoms with Crippen molar-refractivity contribution in [3.05, 3.63) is 82.6 Å². The van der Waals surface area contributed by atoms with Gasteiger partial charge in [-0.3, -0.25) is 4.79 Å². The molecule has 0 fully saturated rings. The van der Waals surface area contributed by atoms with Gasteiger partial charge in [0.25, 0.3) is 0 Å². The molecule has 1 aromatic heterocycles. The third-order valence-electron chi connectivity index (χ3n) is 4.20. The highest BCUT2D eigenvalue weighted by molar-refractivity contribution is 6.30. The second-order valence-electron chi connectivity index (χ2n) is 5.59. The molecule has 3 aromatic rings. The van der Waals surface area contributed by atoms with Gasteiger partial charge in [0.2, 0.25) is 0 Å². The fourth-order valence-electron chi connectivity index (χ4n) is 2.90. The molecule has 3 rings (SSSR count). The lowest BCUT2D eigenvalue weighted by Gasteiger charge is -2.30. The summed E-state index contributed by atoms with van der Waals surface area (Å²) in [5, 5.41) is 12.0. The van der Waals surface area contributed by atoms with Crippen molar-refractivity contribution in [1.29, 1.82) is 0 Å². The summed E-state index contributed by atoms with van der Waals surface area (Å²) in [6, 6.07) is 18.1. The van der Waals surface area contributed by atoms with E-state index in [9.17, 15) is 9.90 Å². The van der Waals surface area contributed by atoms with Crippen molar-refractivity contribution in [3.63, 3.8) is 0 Å². The first-order valence-electron chi connectivity index (χ1n) is 7.72. The van der Waals surface area contributed by atoms with E-state index in [1.54, 1.807) is 30.3 Å². The minimum Gasteiger partial charge on any atom is -0.453 e. The summed E-state index contributed by atoms with van der Waals surface area (Å²) in [5.74, 6) is 0.761. The molecule has 0 aliphatic carbocycles. The molecule has 0 aliphatic heterocycles. The molecular weight excluding hydrogens is 324 g/mol. The number of aliphatic hydroxyl groups is 1. The van der Waals surface area contributed by atoms with E-state index < -0.39 is 5.60 Å². The largest absolute Gasteiger partial charge is 0.453 e. The Balaban J connectivity index is 2.22. The van der Waals surface area contributed by atoms with Crippen LogP contribution in [0, 0.1) is 0 Å². The third kappa shape index (κ3) is 2.88. The minimum atomic E-state index is -1.21. The highest BCUT2D eigenvalue weighted by Gasteiger charge is 2.33. The summed E-state index contributed by atoms with van der Waals surface area (Å²) in [6.45, 7) is 1.91. The van der Waals surface area contributed by atoms with Crippen molar-refractivity contribution < 1.29 is 14.3 Å². The van der Waals surface area contributed by atoms with Crippen molar-refractivity contribution in [2.24, 2.45) is 0 Å². The predicted molar refractivity (Wildman–Crippen MR) is 94.3 cm³/mol. The molecule has 0 radical (unpaired) electrons. The summed E-state index contributed by atoms with van der Waals surface area (Å²) < 4.78 is 5.55. The van der Waals surface area contributed by atoms with Crippen LogP contribution in [0.5, 0.6) is 0 Å². The molecule has 1 unspecified atom stereocenters. The third-order valence-corrected chi connectivity index (χ3v) is 4.43.